The Morgan fingerprint density at radius 2 is 1.68 bits per heavy atom. The van der Waals surface area contributed by atoms with Crippen LogP contribution >= 0.6 is 24.8 Å². The van der Waals surface area contributed by atoms with Crippen LogP contribution in [0.2, 0.25) is 6.55 Å². The van der Waals surface area contributed by atoms with Crippen LogP contribution in [0.15, 0.2) is 0 Å². The van der Waals surface area contributed by atoms with Crippen molar-refractivity contribution < 1.29 is 18.4 Å². The number of hydrogen-bond acceptors (Lipinski definition) is 5. The van der Waals surface area contributed by atoms with Gasteiger partial charge >= 0.3 is 9.28 Å². The van der Waals surface area contributed by atoms with Crippen molar-refractivity contribution in [2.24, 2.45) is 11.5 Å². The second-order valence-electron chi connectivity index (χ2n) is 3.11. The number of thiol groups is 1. The molecule has 0 rings (SSSR count). The van der Waals surface area contributed by atoms with E-state index in [0.29, 0.717) is 6.61 Å². The molecule has 19 heavy (non-hydrogen) atoms. The van der Waals surface area contributed by atoms with Gasteiger partial charge in [0.15, 0.2) is 0 Å². The first-order valence-electron chi connectivity index (χ1n) is 5.63. The first kappa shape index (κ1) is 23.7. The smallest absolute Gasteiger partial charge is 0.380 e. The summed E-state index contributed by atoms with van der Waals surface area (Å²) in [6.45, 7) is 4.74. The molecule has 0 saturated carbocycles. The fourth-order valence-electron chi connectivity index (χ4n) is 0.608. The number of thiocarbonyl (C=S) groups is 1. The lowest BCUT2D eigenvalue weighted by Gasteiger charge is -2.00. The van der Waals surface area contributed by atoms with E-state index < -0.39 is 14.5 Å². The van der Waals surface area contributed by atoms with Gasteiger partial charge in [0.1, 0.15) is 0 Å². The van der Waals surface area contributed by atoms with Gasteiger partial charge in [-0.1, -0.05) is 32.4 Å². The van der Waals surface area contributed by atoms with E-state index in [1.54, 1.807) is 14.2 Å². The number of ether oxygens (including phenoxy) is 1. The largest absolute Gasteiger partial charge is 0.471 e. The van der Waals surface area contributed by atoms with Crippen molar-refractivity contribution in [1.29, 1.82) is 0 Å². The molecule has 4 N–H and O–H groups in total. The number of hydrogen-bond donors (Lipinski definition) is 3. The van der Waals surface area contributed by atoms with Gasteiger partial charge in [-0.25, -0.2) is 0 Å². The zero-order valence-corrected chi connectivity index (χ0v) is 14.7. The molecule has 0 fully saturated rings. The third kappa shape index (κ3) is 46.4. The van der Waals surface area contributed by atoms with Crippen LogP contribution in [0.1, 0.15) is 26.2 Å². The normalized spacial score (nSPS) is 8.74. The second-order valence-corrected chi connectivity index (χ2v) is 5.76. The van der Waals surface area contributed by atoms with Crippen molar-refractivity contribution in [3.63, 3.8) is 0 Å². The van der Waals surface area contributed by atoms with Gasteiger partial charge in [-0.15, -0.1) is 0 Å². The maximum absolute atomic E-state index is 9.09. The van der Waals surface area contributed by atoms with E-state index in [-0.39, 0.29) is 5.17 Å². The van der Waals surface area contributed by atoms with Crippen LogP contribution in [0.5, 0.6) is 0 Å². The van der Waals surface area contributed by atoms with E-state index in [1.807, 2.05) is 6.55 Å². The fourth-order valence-corrected chi connectivity index (χ4v) is 0.858. The third-order valence-electron chi connectivity index (χ3n) is 1.57. The second kappa shape index (κ2) is 20.0. The van der Waals surface area contributed by atoms with Crippen molar-refractivity contribution in [1.82, 2.24) is 0 Å². The summed E-state index contributed by atoms with van der Waals surface area (Å²) in [6, 6.07) is 0. The summed E-state index contributed by atoms with van der Waals surface area (Å²) in [7, 11) is 2.43. The Morgan fingerprint density at radius 3 is 1.89 bits per heavy atom. The summed E-state index contributed by atoms with van der Waals surface area (Å²) in [6.07, 6.45) is 3.43. The molecule has 0 aromatic rings. The Bertz CT molecular complexity index is 216. The van der Waals surface area contributed by atoms with Crippen LogP contribution in [-0.2, 0) is 13.6 Å². The molecule has 0 aliphatic rings. The Labute approximate surface area is 128 Å². The number of unbranched alkanes of at least 4 members (excludes halogenated alkanes) is 2. The predicted molar refractivity (Wildman–Crippen MR) is 86.5 cm³/mol. The molecule has 6 nitrogen and oxygen atoms in total. The highest BCUT2D eigenvalue weighted by molar-refractivity contribution is 7.96. The lowest BCUT2D eigenvalue weighted by molar-refractivity contribution is 0.267. The Kier molecular flexibility index (Phi) is 24.9. The van der Waals surface area contributed by atoms with Crippen molar-refractivity contribution in [2.45, 2.75) is 32.7 Å². The van der Waals surface area contributed by atoms with Crippen molar-refractivity contribution in [3.8, 4) is 0 Å². The molecule has 9 heteroatoms. The SMILES string of the molecule is CCCCCOC(N)=S.CO[Si](C)OC.NC(=O)S. The molecule has 0 bridgehead atoms. The van der Waals surface area contributed by atoms with Crippen LogP contribution in [0.4, 0.5) is 4.79 Å². The minimum Gasteiger partial charge on any atom is -0.471 e. The van der Waals surface area contributed by atoms with Gasteiger partial charge < -0.3 is 25.1 Å². The number of carbonyl (C=O) groups excluding carboxylic acids is 1. The molecule has 0 unspecified atom stereocenters. The van der Waals surface area contributed by atoms with Gasteiger partial charge in [-0.2, -0.15) is 0 Å². The van der Waals surface area contributed by atoms with Gasteiger partial charge in [-0.05, 0) is 25.2 Å². The van der Waals surface area contributed by atoms with Crippen molar-refractivity contribution in [3.05, 3.63) is 0 Å². The highest BCUT2D eigenvalue weighted by atomic mass is 32.1. The maximum Gasteiger partial charge on any atom is 0.380 e. The van der Waals surface area contributed by atoms with E-state index in [2.05, 4.69) is 37.5 Å². The predicted octanol–water partition coefficient (Wildman–Crippen LogP) is 1.83. The van der Waals surface area contributed by atoms with E-state index in [1.165, 1.54) is 12.8 Å². The Hall–Kier alpha value is -0.353. The van der Waals surface area contributed by atoms with Crippen LogP contribution in [-0.4, -0.2) is 40.5 Å². The first-order chi connectivity index (χ1) is 8.81. The monoisotopic (exact) mass is 329 g/mol. The molecular weight excluding hydrogens is 304 g/mol. The highest BCUT2D eigenvalue weighted by Crippen LogP contribution is 1.93. The molecule has 115 valence electrons. The van der Waals surface area contributed by atoms with Gasteiger partial charge in [0.2, 0.25) is 0 Å². The number of nitrogens with two attached hydrogens (primary N) is 2. The summed E-state index contributed by atoms with van der Waals surface area (Å²) < 4.78 is 14.4. The average Bonchev–Trinajstić information content (AvgIpc) is 2.33. The molecule has 0 aliphatic heterocycles. The summed E-state index contributed by atoms with van der Waals surface area (Å²) >= 11 is 7.61. The molecule has 0 heterocycles. The summed E-state index contributed by atoms with van der Waals surface area (Å²) in [5, 5.41) is -0.480. The Morgan fingerprint density at radius 1 is 1.26 bits per heavy atom. The van der Waals surface area contributed by atoms with Crippen LogP contribution < -0.4 is 11.5 Å². The van der Waals surface area contributed by atoms with Gasteiger partial charge in [-0.3, -0.25) is 4.79 Å². The van der Waals surface area contributed by atoms with E-state index in [0.717, 1.165) is 6.42 Å². The topological polar surface area (TPSA) is 96.8 Å². The lowest BCUT2D eigenvalue weighted by Crippen LogP contribution is -2.13. The van der Waals surface area contributed by atoms with Gasteiger partial charge in [0, 0.05) is 14.2 Å². The quantitative estimate of drug-likeness (QED) is 0.298. The van der Waals surface area contributed by atoms with Crippen LogP contribution in [0.25, 0.3) is 0 Å². The minimum atomic E-state index is -0.868. The van der Waals surface area contributed by atoms with E-state index in [9.17, 15) is 0 Å². The number of carbonyl (C=O) groups is 1. The molecule has 0 spiro atoms. The minimum absolute atomic E-state index is 0.158. The van der Waals surface area contributed by atoms with E-state index in [4.69, 9.17) is 24.1 Å². The number of primary amides is 1. The first-order valence-corrected chi connectivity index (χ1v) is 8.31. The summed E-state index contributed by atoms with van der Waals surface area (Å²) in [4.78, 5) is 9.09. The molecule has 0 aromatic carbocycles. The maximum atomic E-state index is 9.09. The molecule has 0 aliphatic carbocycles. The van der Waals surface area contributed by atoms with Crippen molar-refractivity contribution in [2.75, 3.05) is 20.8 Å². The van der Waals surface area contributed by atoms with Crippen molar-refractivity contribution >= 4 is 44.5 Å². The Balaban J connectivity index is -0.000000222. The fraction of sp³-hybridized carbons (Fsp3) is 0.800. The lowest BCUT2D eigenvalue weighted by atomic mass is 10.3. The molecule has 1 radical (unpaired) electrons. The molecule has 1 amide bonds. The standard InChI is InChI=1S/C6H13NOS.C3H9O2Si.CH3NOS/c1-2-3-4-5-8-6(7)9;1-4-6(3)5-2;2-1(3)4/h2-5H2,1H3,(H2,7,9);1-3H3;(H3,2,3,4). The van der Waals surface area contributed by atoms with E-state index >= 15 is 0 Å². The molecule has 0 atom stereocenters. The number of amides is 1. The average molecular weight is 330 g/mol. The summed E-state index contributed by atoms with van der Waals surface area (Å²) in [5.41, 5.74) is 9.42. The zero-order valence-electron chi connectivity index (χ0n) is 12.0. The third-order valence-corrected chi connectivity index (χ3v) is 2.83. The van der Waals surface area contributed by atoms with Crippen LogP contribution in [0, 0.1) is 0 Å². The van der Waals surface area contributed by atoms with Gasteiger partial charge in [0.25, 0.3) is 10.4 Å². The molecule has 0 aromatic heterocycles. The zero-order chi connectivity index (χ0) is 15.7. The van der Waals surface area contributed by atoms with Gasteiger partial charge in [0.05, 0.1) is 6.61 Å². The molecular formula is C10H25N2O4S2Si. The molecule has 0 saturated heterocycles. The number of rotatable bonds is 6. The summed E-state index contributed by atoms with van der Waals surface area (Å²) in [5.74, 6) is 0. The van der Waals surface area contributed by atoms with Crippen LogP contribution in [0.3, 0.4) is 0 Å². The highest BCUT2D eigenvalue weighted by Gasteiger charge is 1.97.